The van der Waals surface area contributed by atoms with Gasteiger partial charge in [-0.1, -0.05) is 49.4 Å². The molecule has 6 heteroatoms. The predicted octanol–water partition coefficient (Wildman–Crippen LogP) is 5.81. The van der Waals surface area contributed by atoms with Crippen molar-refractivity contribution in [2.75, 3.05) is 7.11 Å². The van der Waals surface area contributed by atoms with Crippen LogP contribution in [0.1, 0.15) is 59.5 Å². The highest BCUT2D eigenvalue weighted by atomic mass is 35.5. The average Bonchev–Trinajstić information content (AvgIpc) is 3.40. The number of para-hydroxylation sites is 1. The summed E-state index contributed by atoms with van der Waals surface area (Å²) in [5, 5.41) is 10.9. The second-order valence-corrected chi connectivity index (χ2v) is 8.34. The number of benzene rings is 2. The molecule has 1 atom stereocenters. The van der Waals surface area contributed by atoms with E-state index in [9.17, 15) is 14.7 Å². The average molecular weight is 426 g/mol. The number of ketones is 1. The van der Waals surface area contributed by atoms with Gasteiger partial charge in [-0.25, -0.2) is 0 Å². The molecule has 1 aliphatic rings. The van der Waals surface area contributed by atoms with E-state index in [4.69, 9.17) is 16.3 Å². The van der Waals surface area contributed by atoms with Crippen molar-refractivity contribution in [3.63, 3.8) is 0 Å². The predicted molar refractivity (Wildman–Crippen MR) is 117 cm³/mol. The quantitative estimate of drug-likeness (QED) is 0.468. The van der Waals surface area contributed by atoms with Crippen molar-refractivity contribution in [1.82, 2.24) is 4.98 Å². The van der Waals surface area contributed by atoms with Crippen LogP contribution in [0.3, 0.4) is 0 Å². The first-order valence-corrected chi connectivity index (χ1v) is 10.6. The molecule has 4 rings (SSSR count). The molecule has 1 unspecified atom stereocenters. The van der Waals surface area contributed by atoms with Crippen LogP contribution in [0.4, 0.5) is 0 Å². The zero-order valence-corrected chi connectivity index (χ0v) is 17.5. The third kappa shape index (κ3) is 3.82. The van der Waals surface area contributed by atoms with Gasteiger partial charge >= 0.3 is 5.97 Å². The van der Waals surface area contributed by atoms with E-state index < -0.39 is 11.9 Å². The molecule has 1 saturated carbocycles. The number of carboxylic acids is 1. The van der Waals surface area contributed by atoms with Crippen LogP contribution in [-0.2, 0) is 4.79 Å². The Balaban J connectivity index is 1.72. The molecule has 156 valence electrons. The highest BCUT2D eigenvalue weighted by Crippen LogP contribution is 2.38. The van der Waals surface area contributed by atoms with Crippen LogP contribution in [0.2, 0.25) is 5.02 Å². The number of ether oxygens (including phenoxy) is 1. The number of aliphatic carboxylic acids is 1. The van der Waals surface area contributed by atoms with Crippen molar-refractivity contribution in [1.29, 1.82) is 0 Å². The fourth-order valence-electron chi connectivity index (χ4n) is 4.54. The lowest BCUT2D eigenvalue weighted by Crippen LogP contribution is -2.15. The largest absolute Gasteiger partial charge is 0.496 e. The van der Waals surface area contributed by atoms with Gasteiger partial charge in [-0.2, -0.15) is 0 Å². The normalized spacial score (nSPS) is 15.4. The number of hydrogen-bond donors (Lipinski definition) is 2. The molecule has 30 heavy (non-hydrogen) atoms. The summed E-state index contributed by atoms with van der Waals surface area (Å²) in [6.45, 7) is 0. The lowest BCUT2D eigenvalue weighted by Gasteiger charge is -2.16. The molecule has 0 radical (unpaired) electrons. The minimum absolute atomic E-state index is 0.240. The summed E-state index contributed by atoms with van der Waals surface area (Å²) < 4.78 is 5.30. The van der Waals surface area contributed by atoms with Gasteiger partial charge < -0.3 is 14.8 Å². The fourth-order valence-corrected chi connectivity index (χ4v) is 4.79. The van der Waals surface area contributed by atoms with Crippen molar-refractivity contribution in [2.45, 2.75) is 38.0 Å². The number of hydrogen-bond acceptors (Lipinski definition) is 3. The van der Waals surface area contributed by atoms with Crippen LogP contribution in [0, 0.1) is 5.92 Å². The van der Waals surface area contributed by atoms with Crippen molar-refractivity contribution >= 4 is 34.3 Å². The first-order chi connectivity index (χ1) is 14.5. The molecule has 1 heterocycles. The molecule has 0 aliphatic heterocycles. The summed E-state index contributed by atoms with van der Waals surface area (Å²) in [5.41, 5.74) is 2.20. The molecule has 2 aromatic carbocycles. The van der Waals surface area contributed by atoms with Gasteiger partial charge in [0, 0.05) is 22.7 Å². The zero-order chi connectivity index (χ0) is 21.3. The molecule has 0 spiro atoms. The number of aromatic nitrogens is 1. The maximum Gasteiger partial charge on any atom is 0.311 e. The fraction of sp³-hybridized carbons (Fsp3) is 0.333. The monoisotopic (exact) mass is 425 g/mol. The van der Waals surface area contributed by atoms with Crippen molar-refractivity contribution in [3.8, 4) is 5.75 Å². The molecule has 1 aromatic heterocycles. The summed E-state index contributed by atoms with van der Waals surface area (Å²) in [6.07, 6.45) is 6.89. The van der Waals surface area contributed by atoms with Gasteiger partial charge in [0.25, 0.3) is 0 Å². The van der Waals surface area contributed by atoms with Crippen LogP contribution in [0.15, 0.2) is 42.6 Å². The second kappa shape index (κ2) is 8.52. The SMILES string of the molecule is COc1ccccc1C(=O)c1cc2[nH]cc(C(CC3CCCC3)C(=O)O)c2cc1Cl. The number of methoxy groups -OCH3 is 1. The molecular weight excluding hydrogens is 402 g/mol. The van der Waals surface area contributed by atoms with Crippen molar-refractivity contribution < 1.29 is 19.4 Å². The summed E-state index contributed by atoms with van der Waals surface area (Å²) in [6, 6.07) is 10.4. The zero-order valence-electron chi connectivity index (χ0n) is 16.8. The molecule has 1 fully saturated rings. The molecule has 0 saturated heterocycles. The number of rotatable bonds is 7. The number of carbonyl (C=O) groups is 2. The Morgan fingerprint density at radius 3 is 2.63 bits per heavy atom. The van der Waals surface area contributed by atoms with Gasteiger partial charge in [0.15, 0.2) is 5.78 Å². The van der Waals surface area contributed by atoms with E-state index in [0.29, 0.717) is 39.8 Å². The van der Waals surface area contributed by atoms with Gasteiger partial charge in [0.1, 0.15) is 5.75 Å². The summed E-state index contributed by atoms with van der Waals surface area (Å²) in [7, 11) is 1.52. The number of halogens is 1. The van der Waals surface area contributed by atoms with Crippen LogP contribution >= 0.6 is 11.6 Å². The lowest BCUT2D eigenvalue weighted by molar-refractivity contribution is -0.139. The molecule has 5 nitrogen and oxygen atoms in total. The molecule has 0 amide bonds. The molecule has 0 bridgehead atoms. The Hall–Kier alpha value is -2.79. The Bertz CT molecular complexity index is 1100. The lowest BCUT2D eigenvalue weighted by atomic mass is 9.87. The maximum absolute atomic E-state index is 13.1. The highest BCUT2D eigenvalue weighted by Gasteiger charge is 2.29. The van der Waals surface area contributed by atoms with E-state index in [1.165, 1.54) is 20.0 Å². The smallest absolute Gasteiger partial charge is 0.311 e. The Kier molecular flexibility index (Phi) is 5.82. The first-order valence-electron chi connectivity index (χ1n) is 10.2. The third-order valence-corrected chi connectivity index (χ3v) is 6.43. The standard InChI is InChI=1S/C24H24ClNO4/c1-30-22-9-5-4-8-15(22)23(27)18-12-21-16(11-20(18)25)19(13-26-21)17(24(28)29)10-14-6-2-3-7-14/h4-5,8-9,11-14,17,26H,2-3,6-7,10H2,1H3,(H,28,29). The maximum atomic E-state index is 13.1. The number of H-pyrrole nitrogens is 1. The van der Waals surface area contributed by atoms with Gasteiger partial charge in [-0.05, 0) is 42.2 Å². The minimum Gasteiger partial charge on any atom is -0.496 e. The summed E-state index contributed by atoms with van der Waals surface area (Å²) >= 11 is 6.50. The third-order valence-electron chi connectivity index (χ3n) is 6.11. The first kappa shape index (κ1) is 20.5. The number of carbonyl (C=O) groups excluding carboxylic acids is 1. The van der Waals surface area contributed by atoms with Gasteiger partial charge in [-0.3, -0.25) is 9.59 Å². The van der Waals surface area contributed by atoms with Gasteiger partial charge in [0.2, 0.25) is 0 Å². The van der Waals surface area contributed by atoms with Gasteiger partial charge in [-0.15, -0.1) is 0 Å². The van der Waals surface area contributed by atoms with Crippen LogP contribution in [0.25, 0.3) is 10.9 Å². The van der Waals surface area contributed by atoms with Crippen LogP contribution < -0.4 is 4.74 Å². The Morgan fingerprint density at radius 2 is 1.93 bits per heavy atom. The second-order valence-electron chi connectivity index (χ2n) is 7.93. The minimum atomic E-state index is -0.826. The summed E-state index contributed by atoms with van der Waals surface area (Å²) in [5.74, 6) is -0.732. The highest BCUT2D eigenvalue weighted by molar-refractivity contribution is 6.36. The molecule has 2 N–H and O–H groups in total. The number of nitrogens with one attached hydrogen (secondary N) is 1. The van der Waals surface area contributed by atoms with Crippen LogP contribution in [0.5, 0.6) is 5.75 Å². The van der Waals surface area contributed by atoms with E-state index >= 15 is 0 Å². The number of carboxylic acid groups (broad SMARTS) is 1. The van der Waals surface area contributed by atoms with E-state index in [2.05, 4.69) is 4.98 Å². The molecule has 1 aliphatic carbocycles. The molecule has 3 aromatic rings. The number of fused-ring (bicyclic) bond motifs is 1. The van der Waals surface area contributed by atoms with E-state index in [1.54, 1.807) is 42.6 Å². The van der Waals surface area contributed by atoms with Crippen molar-refractivity contribution in [3.05, 3.63) is 64.3 Å². The molecular formula is C24H24ClNO4. The van der Waals surface area contributed by atoms with Crippen molar-refractivity contribution in [2.24, 2.45) is 5.92 Å². The van der Waals surface area contributed by atoms with Gasteiger partial charge in [0.05, 0.1) is 23.6 Å². The van der Waals surface area contributed by atoms with Crippen LogP contribution in [-0.4, -0.2) is 29.0 Å². The topological polar surface area (TPSA) is 79.4 Å². The van der Waals surface area contributed by atoms with E-state index in [0.717, 1.165) is 23.8 Å². The van der Waals surface area contributed by atoms with E-state index in [-0.39, 0.29) is 5.78 Å². The van der Waals surface area contributed by atoms with E-state index in [1.807, 2.05) is 0 Å². The summed E-state index contributed by atoms with van der Waals surface area (Å²) in [4.78, 5) is 28.3. The Labute approximate surface area is 180 Å². The number of aromatic amines is 1. The Morgan fingerprint density at radius 1 is 1.20 bits per heavy atom.